The summed E-state index contributed by atoms with van der Waals surface area (Å²) in [6.07, 6.45) is 5.56. The Bertz CT molecular complexity index is 1770. The number of aliphatic hydroxyl groups is 1. The van der Waals surface area contributed by atoms with Gasteiger partial charge in [-0.25, -0.2) is 9.37 Å². The first-order valence-electron chi connectivity index (χ1n) is 14.4. The molecular weight excluding hydrogens is 563 g/mol. The van der Waals surface area contributed by atoms with Gasteiger partial charge in [-0.3, -0.25) is 14.6 Å². The van der Waals surface area contributed by atoms with Crippen LogP contribution in [-0.4, -0.2) is 46.1 Å². The third kappa shape index (κ3) is 5.60. The molecule has 44 heavy (non-hydrogen) atoms. The van der Waals surface area contributed by atoms with Gasteiger partial charge in [0.25, 0.3) is 5.91 Å². The Kier molecular flexibility index (Phi) is 7.33. The van der Waals surface area contributed by atoms with Gasteiger partial charge in [0.05, 0.1) is 18.3 Å². The number of rotatable bonds is 9. The molecular formula is C34H33FN4O5. The molecule has 0 spiro atoms. The maximum atomic E-state index is 13.7. The smallest absolute Gasteiger partial charge is 0.251 e. The van der Waals surface area contributed by atoms with Crippen molar-refractivity contribution in [1.29, 1.82) is 0 Å². The monoisotopic (exact) mass is 596 g/mol. The standard InChI is InChI=1S/C34H33FN4O5/c1-19-12-22(16-37-15-19)25-11-6-21(13-27(25)44-24-9-10-24)31(40)38-17-34(3,42)28-14-26-30(43-18-33(26,2)32(36)41)29(39-28)20-4-7-23(35)8-5-20/h4-8,11-16,24,42H,9-10,17-18H2,1-3H3,(H2,36,41)(H,38,40)/t33-,34-/m0/s1. The molecule has 0 unspecified atom stereocenters. The molecule has 4 aromatic rings. The summed E-state index contributed by atoms with van der Waals surface area (Å²) in [7, 11) is 0. The molecule has 226 valence electrons. The van der Waals surface area contributed by atoms with Crippen LogP contribution in [0.15, 0.2) is 67.0 Å². The van der Waals surface area contributed by atoms with E-state index in [1.54, 1.807) is 49.6 Å². The Morgan fingerprint density at radius 3 is 2.57 bits per heavy atom. The fraction of sp³-hybridized carbons (Fsp3) is 0.294. The highest BCUT2D eigenvalue weighted by Crippen LogP contribution is 2.45. The predicted octanol–water partition coefficient (Wildman–Crippen LogP) is 4.57. The molecule has 2 aliphatic rings. The summed E-state index contributed by atoms with van der Waals surface area (Å²) in [4.78, 5) is 34.8. The summed E-state index contributed by atoms with van der Waals surface area (Å²) in [5, 5.41) is 14.4. The first kappa shape index (κ1) is 29.3. The molecule has 0 radical (unpaired) electrons. The molecule has 3 heterocycles. The SMILES string of the molecule is Cc1cncc(-c2ccc(C(=O)NC[C@](C)(O)c3cc4c(c(-c5ccc(F)cc5)n3)OC[C@]4(C)C(N)=O)cc2OC2CC2)c1. The lowest BCUT2D eigenvalue weighted by molar-refractivity contribution is -0.123. The molecule has 0 bridgehead atoms. The summed E-state index contributed by atoms with van der Waals surface area (Å²) in [6.45, 7) is 4.94. The third-order valence-electron chi connectivity index (χ3n) is 8.13. The number of aryl methyl sites for hydroxylation is 1. The van der Waals surface area contributed by atoms with Crippen molar-refractivity contribution in [2.24, 2.45) is 5.73 Å². The van der Waals surface area contributed by atoms with Gasteiger partial charge in [0.15, 0.2) is 0 Å². The number of nitrogens with one attached hydrogen (secondary N) is 1. The number of amides is 2. The Morgan fingerprint density at radius 1 is 1.14 bits per heavy atom. The Hall–Kier alpha value is -4.83. The van der Waals surface area contributed by atoms with Crippen molar-refractivity contribution in [2.75, 3.05) is 13.2 Å². The molecule has 1 aliphatic carbocycles. The van der Waals surface area contributed by atoms with Crippen molar-refractivity contribution >= 4 is 11.8 Å². The van der Waals surface area contributed by atoms with Gasteiger partial charge in [-0.2, -0.15) is 0 Å². The molecule has 2 aromatic heterocycles. The van der Waals surface area contributed by atoms with Crippen LogP contribution in [0.2, 0.25) is 0 Å². The zero-order chi connectivity index (χ0) is 31.2. The fourth-order valence-electron chi connectivity index (χ4n) is 5.18. The van der Waals surface area contributed by atoms with Crippen molar-refractivity contribution in [3.63, 3.8) is 0 Å². The van der Waals surface area contributed by atoms with Crippen LogP contribution < -0.4 is 20.5 Å². The van der Waals surface area contributed by atoms with E-state index in [0.717, 1.165) is 29.5 Å². The lowest BCUT2D eigenvalue weighted by atomic mass is 9.82. The van der Waals surface area contributed by atoms with Crippen molar-refractivity contribution in [3.8, 4) is 33.9 Å². The molecule has 6 rings (SSSR count). The maximum Gasteiger partial charge on any atom is 0.251 e. The molecule has 10 heteroatoms. The highest BCUT2D eigenvalue weighted by molar-refractivity contribution is 5.95. The van der Waals surface area contributed by atoms with Gasteiger partial charge < -0.3 is 25.6 Å². The molecule has 0 saturated heterocycles. The van der Waals surface area contributed by atoms with E-state index in [0.29, 0.717) is 33.9 Å². The van der Waals surface area contributed by atoms with Gasteiger partial charge in [-0.1, -0.05) is 0 Å². The number of benzene rings is 2. The average Bonchev–Trinajstić information content (AvgIpc) is 3.75. The minimum Gasteiger partial charge on any atom is -0.490 e. The number of fused-ring (bicyclic) bond motifs is 1. The minimum absolute atomic E-state index is 0.00422. The van der Waals surface area contributed by atoms with Crippen LogP contribution in [0.3, 0.4) is 0 Å². The van der Waals surface area contributed by atoms with Crippen molar-refractivity contribution in [2.45, 2.75) is 50.7 Å². The number of pyridine rings is 2. The van der Waals surface area contributed by atoms with E-state index in [4.69, 9.17) is 15.2 Å². The third-order valence-corrected chi connectivity index (χ3v) is 8.13. The predicted molar refractivity (Wildman–Crippen MR) is 162 cm³/mol. The number of halogens is 1. The lowest BCUT2D eigenvalue weighted by Gasteiger charge is -2.26. The molecule has 2 amide bonds. The van der Waals surface area contributed by atoms with Gasteiger partial charge in [-0.05, 0) is 93.8 Å². The molecule has 4 N–H and O–H groups in total. The first-order valence-corrected chi connectivity index (χ1v) is 14.4. The van der Waals surface area contributed by atoms with Gasteiger partial charge in [0.1, 0.15) is 40.6 Å². The molecule has 2 aromatic carbocycles. The second-order valence-corrected chi connectivity index (χ2v) is 12.0. The van der Waals surface area contributed by atoms with Gasteiger partial charge >= 0.3 is 0 Å². The second-order valence-electron chi connectivity index (χ2n) is 12.0. The van der Waals surface area contributed by atoms with E-state index in [1.807, 2.05) is 19.1 Å². The molecule has 1 aliphatic heterocycles. The van der Waals surface area contributed by atoms with Crippen molar-refractivity contribution in [1.82, 2.24) is 15.3 Å². The van der Waals surface area contributed by atoms with Crippen molar-refractivity contribution < 1.29 is 28.6 Å². The van der Waals surface area contributed by atoms with Crippen LogP contribution in [0.25, 0.3) is 22.4 Å². The number of aromatic nitrogens is 2. The fourth-order valence-corrected chi connectivity index (χ4v) is 5.18. The van der Waals surface area contributed by atoms with E-state index >= 15 is 0 Å². The average molecular weight is 597 g/mol. The van der Waals surface area contributed by atoms with Crippen molar-refractivity contribution in [3.05, 3.63) is 95.2 Å². The topological polar surface area (TPSA) is 137 Å². The van der Waals surface area contributed by atoms with E-state index in [1.165, 1.54) is 19.1 Å². The summed E-state index contributed by atoms with van der Waals surface area (Å²) in [5.41, 5.74) is 7.54. The Labute approximate surface area is 254 Å². The highest BCUT2D eigenvalue weighted by atomic mass is 19.1. The number of primary amides is 1. The van der Waals surface area contributed by atoms with E-state index in [-0.39, 0.29) is 24.9 Å². The lowest BCUT2D eigenvalue weighted by Crippen LogP contribution is -2.41. The number of carbonyl (C=O) groups excluding carboxylic acids is 2. The van der Waals surface area contributed by atoms with E-state index in [2.05, 4.69) is 15.3 Å². The maximum absolute atomic E-state index is 13.7. The summed E-state index contributed by atoms with van der Waals surface area (Å²) < 4.78 is 25.7. The Morgan fingerprint density at radius 2 is 1.89 bits per heavy atom. The second kappa shape index (κ2) is 11.0. The highest BCUT2D eigenvalue weighted by Gasteiger charge is 2.45. The largest absolute Gasteiger partial charge is 0.490 e. The molecule has 9 nitrogen and oxygen atoms in total. The summed E-state index contributed by atoms with van der Waals surface area (Å²) in [5.74, 6) is -0.498. The summed E-state index contributed by atoms with van der Waals surface area (Å²) in [6, 6.07) is 14.5. The van der Waals surface area contributed by atoms with E-state index < -0.39 is 28.6 Å². The quantitative estimate of drug-likeness (QED) is 0.257. The zero-order valence-corrected chi connectivity index (χ0v) is 24.7. The number of nitrogens with two attached hydrogens (primary N) is 1. The van der Waals surface area contributed by atoms with Crippen LogP contribution in [-0.2, 0) is 15.8 Å². The number of hydrogen-bond acceptors (Lipinski definition) is 7. The van der Waals surface area contributed by atoms with Crippen LogP contribution in [0.1, 0.15) is 53.9 Å². The first-order chi connectivity index (χ1) is 20.9. The molecule has 1 saturated carbocycles. The molecule has 1 fully saturated rings. The Balaban J connectivity index is 1.29. The van der Waals surface area contributed by atoms with Gasteiger partial charge in [0, 0.05) is 40.2 Å². The van der Waals surface area contributed by atoms with E-state index in [9.17, 15) is 19.1 Å². The van der Waals surface area contributed by atoms with Crippen LogP contribution in [0.4, 0.5) is 4.39 Å². The van der Waals surface area contributed by atoms with Gasteiger partial charge in [0.2, 0.25) is 5.91 Å². The van der Waals surface area contributed by atoms with Crippen LogP contribution in [0, 0.1) is 12.7 Å². The number of carbonyl (C=O) groups is 2. The minimum atomic E-state index is -1.67. The normalized spacial score (nSPS) is 18.6. The molecule has 2 atom stereocenters. The number of hydrogen-bond donors (Lipinski definition) is 3. The van der Waals surface area contributed by atoms with Crippen LogP contribution >= 0.6 is 0 Å². The van der Waals surface area contributed by atoms with Gasteiger partial charge in [-0.15, -0.1) is 0 Å². The number of ether oxygens (including phenoxy) is 2. The van der Waals surface area contributed by atoms with Crippen LogP contribution in [0.5, 0.6) is 11.5 Å². The zero-order valence-electron chi connectivity index (χ0n) is 24.7. The number of nitrogens with zero attached hydrogens (tertiary/aromatic N) is 2. The summed E-state index contributed by atoms with van der Waals surface area (Å²) >= 11 is 0.